The third-order valence-electron chi connectivity index (χ3n) is 2.16. The topological polar surface area (TPSA) is 12.0 Å². The zero-order valence-electron chi connectivity index (χ0n) is 9.58. The molecule has 1 nitrogen and oxygen atoms in total. The summed E-state index contributed by atoms with van der Waals surface area (Å²) in [7, 11) is -1.26. The lowest BCUT2D eigenvalue weighted by Gasteiger charge is -2.27. The van der Waals surface area contributed by atoms with Crippen molar-refractivity contribution in [3.05, 3.63) is 0 Å². The summed E-state index contributed by atoms with van der Waals surface area (Å²) in [4.78, 5) is 3.58. The molecule has 0 aliphatic carbocycles. The maximum atomic E-state index is 6.10. The van der Waals surface area contributed by atoms with Gasteiger partial charge in [0.2, 0.25) is 0 Å². The second-order valence-corrected chi connectivity index (χ2v) is 12.6. The van der Waals surface area contributed by atoms with E-state index in [4.69, 9.17) is 11.6 Å². The SMILES string of the molecule is CCC(Cl)N[Si](C)(C)CC[Si](C)C. The van der Waals surface area contributed by atoms with Crippen molar-refractivity contribution in [2.24, 2.45) is 0 Å². The number of halogens is 1. The van der Waals surface area contributed by atoms with Crippen LogP contribution in [-0.4, -0.2) is 22.5 Å². The molecule has 1 radical (unpaired) electrons. The number of hydrogen-bond donors (Lipinski definition) is 1. The Balaban J connectivity index is 3.79. The van der Waals surface area contributed by atoms with Crippen LogP contribution in [0.15, 0.2) is 0 Å². The summed E-state index contributed by atoms with van der Waals surface area (Å²) in [6.07, 6.45) is 1.02. The number of alkyl halides is 1. The van der Waals surface area contributed by atoms with Crippen LogP contribution in [0.2, 0.25) is 38.3 Å². The molecule has 1 atom stereocenters. The Bertz CT molecular complexity index is 140. The van der Waals surface area contributed by atoms with Crippen LogP contribution < -0.4 is 4.98 Å². The smallest absolute Gasteiger partial charge is 0.120 e. The predicted octanol–water partition coefficient (Wildman–Crippen LogP) is 3.51. The van der Waals surface area contributed by atoms with Crippen LogP contribution in [0.4, 0.5) is 0 Å². The summed E-state index contributed by atoms with van der Waals surface area (Å²) in [5.74, 6) is 0. The van der Waals surface area contributed by atoms with E-state index in [1.807, 2.05) is 0 Å². The Labute approximate surface area is 91.0 Å². The van der Waals surface area contributed by atoms with Gasteiger partial charge in [-0.2, -0.15) is 0 Å². The van der Waals surface area contributed by atoms with Crippen LogP contribution in [0.3, 0.4) is 0 Å². The molecule has 0 bridgehead atoms. The Hall–Kier alpha value is 0.684. The van der Waals surface area contributed by atoms with E-state index in [0.29, 0.717) is 0 Å². The highest BCUT2D eigenvalue weighted by atomic mass is 35.5. The molecule has 4 heteroatoms. The van der Waals surface area contributed by atoms with Gasteiger partial charge in [0.15, 0.2) is 0 Å². The molecule has 1 N–H and O–H groups in total. The van der Waals surface area contributed by atoms with Crippen molar-refractivity contribution in [2.45, 2.75) is 57.1 Å². The van der Waals surface area contributed by atoms with Gasteiger partial charge >= 0.3 is 0 Å². The quantitative estimate of drug-likeness (QED) is 0.423. The standard InChI is InChI=1S/C9H23ClNSi2/c1-6-9(10)11-13(4,5)8-7-12(2)3/h9,11H,6-8H2,1-5H3. The first-order chi connectivity index (χ1) is 5.87. The maximum Gasteiger partial charge on any atom is 0.120 e. The van der Waals surface area contributed by atoms with Gasteiger partial charge in [-0.25, -0.2) is 0 Å². The molecular weight excluding hydrogens is 214 g/mol. The molecule has 0 spiro atoms. The molecule has 0 saturated carbocycles. The molecule has 0 heterocycles. The van der Waals surface area contributed by atoms with Crippen molar-refractivity contribution in [1.29, 1.82) is 0 Å². The van der Waals surface area contributed by atoms with Crippen LogP contribution in [0.5, 0.6) is 0 Å². The highest BCUT2D eigenvalue weighted by Gasteiger charge is 2.22. The van der Waals surface area contributed by atoms with Gasteiger partial charge in [0.05, 0.1) is 5.50 Å². The molecule has 0 rings (SSSR count). The fraction of sp³-hybridized carbons (Fsp3) is 1.00. The summed E-state index contributed by atoms with van der Waals surface area (Å²) < 4.78 is 0. The van der Waals surface area contributed by atoms with Crippen molar-refractivity contribution >= 4 is 28.6 Å². The van der Waals surface area contributed by atoms with Gasteiger partial charge in [-0.1, -0.05) is 39.2 Å². The highest BCUT2D eigenvalue weighted by Crippen LogP contribution is 2.14. The first kappa shape index (κ1) is 13.7. The van der Waals surface area contributed by atoms with Crippen LogP contribution in [0, 0.1) is 0 Å². The highest BCUT2D eigenvalue weighted by molar-refractivity contribution is 6.76. The van der Waals surface area contributed by atoms with Crippen molar-refractivity contribution in [3.8, 4) is 0 Å². The number of rotatable bonds is 6. The Morgan fingerprint density at radius 1 is 1.38 bits per heavy atom. The fourth-order valence-corrected chi connectivity index (χ4v) is 7.74. The molecule has 13 heavy (non-hydrogen) atoms. The lowest BCUT2D eigenvalue weighted by molar-refractivity contribution is 0.765. The van der Waals surface area contributed by atoms with Crippen molar-refractivity contribution in [3.63, 3.8) is 0 Å². The minimum absolute atomic E-state index is 0.0577. The third-order valence-corrected chi connectivity index (χ3v) is 7.14. The molecule has 0 aromatic carbocycles. The molecule has 1 unspecified atom stereocenters. The molecule has 0 saturated heterocycles. The summed E-state index contributed by atoms with van der Waals surface area (Å²) in [5.41, 5.74) is 0.186. The average molecular weight is 237 g/mol. The second-order valence-electron chi connectivity index (χ2n) is 4.61. The number of nitrogens with one attached hydrogen (secondary N) is 1. The van der Waals surface area contributed by atoms with E-state index in [1.54, 1.807) is 0 Å². The maximum absolute atomic E-state index is 6.10. The van der Waals surface area contributed by atoms with E-state index in [1.165, 1.54) is 12.1 Å². The Kier molecular flexibility index (Phi) is 6.55. The van der Waals surface area contributed by atoms with E-state index in [9.17, 15) is 0 Å². The molecule has 0 aromatic rings. The van der Waals surface area contributed by atoms with Gasteiger partial charge < -0.3 is 4.98 Å². The predicted molar refractivity (Wildman–Crippen MR) is 67.6 cm³/mol. The van der Waals surface area contributed by atoms with Gasteiger partial charge in [0.25, 0.3) is 0 Å². The van der Waals surface area contributed by atoms with E-state index < -0.39 is 8.24 Å². The third kappa shape index (κ3) is 7.73. The molecule has 79 valence electrons. The molecule has 0 aromatic heterocycles. The van der Waals surface area contributed by atoms with Crippen molar-refractivity contribution < 1.29 is 0 Å². The first-order valence-corrected chi connectivity index (χ1v) is 11.4. The Morgan fingerprint density at radius 2 is 1.92 bits per heavy atom. The first-order valence-electron chi connectivity index (χ1n) is 5.08. The summed E-state index contributed by atoms with van der Waals surface area (Å²) in [5, 5.41) is 0. The van der Waals surface area contributed by atoms with Crippen molar-refractivity contribution in [2.75, 3.05) is 0 Å². The van der Waals surface area contributed by atoms with Crippen LogP contribution in [0.1, 0.15) is 13.3 Å². The zero-order chi connectivity index (χ0) is 10.5. The second kappa shape index (κ2) is 6.22. The van der Waals surface area contributed by atoms with E-state index in [0.717, 1.165) is 6.42 Å². The van der Waals surface area contributed by atoms with Gasteiger partial charge in [-0.05, 0) is 12.5 Å². The van der Waals surface area contributed by atoms with Crippen molar-refractivity contribution in [1.82, 2.24) is 4.98 Å². The fourth-order valence-electron chi connectivity index (χ4n) is 1.16. The summed E-state index contributed by atoms with van der Waals surface area (Å²) in [6, 6.07) is 2.79. The number of hydrogen-bond acceptors (Lipinski definition) is 1. The monoisotopic (exact) mass is 236 g/mol. The van der Waals surface area contributed by atoms with Gasteiger partial charge in [-0.15, -0.1) is 11.6 Å². The van der Waals surface area contributed by atoms with E-state index in [-0.39, 0.29) is 14.3 Å². The lowest BCUT2D eigenvalue weighted by atomic mass is 10.5. The normalized spacial score (nSPS) is 15.0. The zero-order valence-corrected chi connectivity index (χ0v) is 12.3. The minimum atomic E-state index is -1.21. The molecule has 0 aliphatic heterocycles. The van der Waals surface area contributed by atoms with Crippen LogP contribution >= 0.6 is 11.6 Å². The average Bonchev–Trinajstić information content (AvgIpc) is 2.00. The molecular formula is C9H23ClNSi2. The lowest BCUT2D eigenvalue weighted by Crippen LogP contribution is -2.48. The molecule has 0 amide bonds. The molecule has 0 aliphatic rings. The van der Waals surface area contributed by atoms with Gasteiger partial charge in [-0.3, -0.25) is 0 Å². The largest absolute Gasteiger partial charge is 0.322 e. The van der Waals surface area contributed by atoms with Gasteiger partial charge in [0, 0.05) is 8.80 Å². The Morgan fingerprint density at radius 3 is 2.31 bits per heavy atom. The minimum Gasteiger partial charge on any atom is -0.322 e. The van der Waals surface area contributed by atoms with Gasteiger partial charge in [0.1, 0.15) is 8.24 Å². The van der Waals surface area contributed by atoms with E-state index >= 15 is 0 Å². The summed E-state index contributed by atoms with van der Waals surface area (Å²) in [6.45, 7) is 11.6. The van der Waals surface area contributed by atoms with Crippen LogP contribution in [-0.2, 0) is 0 Å². The molecule has 0 fully saturated rings. The summed E-state index contributed by atoms with van der Waals surface area (Å²) >= 11 is 6.10. The van der Waals surface area contributed by atoms with E-state index in [2.05, 4.69) is 38.1 Å². The van der Waals surface area contributed by atoms with Crippen LogP contribution in [0.25, 0.3) is 0 Å².